The summed E-state index contributed by atoms with van der Waals surface area (Å²) in [4.78, 5) is 47.5. The maximum Gasteiger partial charge on any atom is 0.267 e. The molecule has 8 nitrogen and oxygen atoms in total. The molecule has 0 aliphatic carbocycles. The van der Waals surface area contributed by atoms with Gasteiger partial charge >= 0.3 is 0 Å². The number of para-hydroxylation sites is 1. The number of nitrogens with one attached hydrogen (secondary N) is 2. The molecule has 2 N–H and O–H groups in total. The zero-order valence-corrected chi connectivity index (χ0v) is 23.8. The van der Waals surface area contributed by atoms with Crippen LogP contribution in [0.15, 0.2) is 75.8 Å². The van der Waals surface area contributed by atoms with E-state index in [1.165, 1.54) is 11.3 Å². The van der Waals surface area contributed by atoms with Crippen LogP contribution < -0.4 is 31.3 Å². The van der Waals surface area contributed by atoms with E-state index >= 15 is 0 Å². The van der Waals surface area contributed by atoms with Gasteiger partial charge in [-0.3, -0.25) is 19.4 Å². The molecule has 2 aromatic heterocycles. The first-order valence-corrected chi connectivity index (χ1v) is 15.6. The zero-order valence-electron chi connectivity index (χ0n) is 22.2. The van der Waals surface area contributed by atoms with Crippen molar-refractivity contribution in [3.63, 3.8) is 0 Å². The Kier molecular flexibility index (Phi) is 6.72. The molecule has 0 unspecified atom stereocenters. The normalized spacial score (nSPS) is 14.9. The second-order valence-electron chi connectivity index (χ2n) is 10.2. The molecule has 5 aromatic rings. The third-order valence-electron chi connectivity index (χ3n) is 7.77. The fourth-order valence-electron chi connectivity index (χ4n) is 5.72. The molecule has 0 atom stereocenters. The molecule has 0 radical (unpaired) electrons. The lowest BCUT2D eigenvalue weighted by atomic mass is 10.1. The van der Waals surface area contributed by atoms with Gasteiger partial charge in [-0.2, -0.15) is 11.8 Å². The van der Waals surface area contributed by atoms with Crippen molar-refractivity contribution in [1.82, 2.24) is 4.98 Å². The number of amides is 1. The second kappa shape index (κ2) is 10.7. The monoisotopic (exact) mass is 581 g/mol. The highest BCUT2D eigenvalue weighted by molar-refractivity contribution is 7.99. The van der Waals surface area contributed by atoms with Crippen molar-refractivity contribution in [3.05, 3.63) is 103 Å². The van der Waals surface area contributed by atoms with Crippen LogP contribution in [0, 0.1) is 0 Å². The van der Waals surface area contributed by atoms with Crippen molar-refractivity contribution in [3.8, 4) is 0 Å². The number of pyridine rings is 1. The van der Waals surface area contributed by atoms with Gasteiger partial charge in [0.15, 0.2) is 0 Å². The van der Waals surface area contributed by atoms with Gasteiger partial charge in [-0.25, -0.2) is 0 Å². The summed E-state index contributed by atoms with van der Waals surface area (Å²) in [6.45, 7) is 2.78. The first-order chi connectivity index (χ1) is 20.1. The van der Waals surface area contributed by atoms with Gasteiger partial charge in [-0.05, 0) is 59.3 Å². The summed E-state index contributed by atoms with van der Waals surface area (Å²) in [5, 5.41) is 9.47. The van der Waals surface area contributed by atoms with Crippen LogP contribution in [-0.4, -0.2) is 42.0 Å². The van der Waals surface area contributed by atoms with Gasteiger partial charge in [0.2, 0.25) is 0 Å². The molecular formula is C31H27N5O3S2. The number of aromatic nitrogens is 1. The number of carbonyl (C=O) groups excluding carboxylic acids is 1. The van der Waals surface area contributed by atoms with Crippen molar-refractivity contribution >= 4 is 68.3 Å². The Labute approximate surface area is 244 Å². The van der Waals surface area contributed by atoms with Crippen LogP contribution in [0.3, 0.4) is 0 Å². The quantitative estimate of drug-likeness (QED) is 0.259. The largest absolute Gasteiger partial charge is 0.380 e. The van der Waals surface area contributed by atoms with Crippen LogP contribution in [0.25, 0.3) is 10.9 Å². The minimum atomic E-state index is -0.402. The fourth-order valence-corrected chi connectivity index (χ4v) is 7.39. The standard InChI is InChI=1S/C31H27N5O3S2/c37-28-26(35-12-15-40-16-13-35)27(29(28)38)36-11-8-19-17-21(5-6-25(19)36)34-31(39)30-24(9-14-41-30)33-18-20-7-10-32-23-4-2-1-3-22(20)23/h1-7,9-10,14,17,33H,8,11-13,15-16,18H2,(H,34,39). The van der Waals surface area contributed by atoms with Gasteiger partial charge in [0, 0.05) is 60.6 Å². The Bertz CT molecular complexity index is 1850. The maximum atomic E-state index is 13.3. The highest BCUT2D eigenvalue weighted by Crippen LogP contribution is 2.39. The van der Waals surface area contributed by atoms with Gasteiger partial charge in [-0.15, -0.1) is 11.3 Å². The van der Waals surface area contributed by atoms with Crippen LogP contribution in [-0.2, 0) is 13.0 Å². The average Bonchev–Trinajstić information content (AvgIpc) is 3.65. The Hall–Kier alpha value is -4.15. The summed E-state index contributed by atoms with van der Waals surface area (Å²) in [6.07, 6.45) is 2.54. The molecule has 2 aliphatic heterocycles. The van der Waals surface area contributed by atoms with E-state index in [2.05, 4.69) is 26.6 Å². The summed E-state index contributed by atoms with van der Waals surface area (Å²) in [5.74, 6) is 1.74. The average molecular weight is 582 g/mol. The lowest BCUT2D eigenvalue weighted by Crippen LogP contribution is -2.47. The predicted octanol–water partition coefficient (Wildman–Crippen LogP) is 5.00. The van der Waals surface area contributed by atoms with E-state index in [0.29, 0.717) is 35.0 Å². The smallest absolute Gasteiger partial charge is 0.267 e. The van der Waals surface area contributed by atoms with Gasteiger partial charge in [0.25, 0.3) is 16.8 Å². The molecule has 0 saturated carbocycles. The van der Waals surface area contributed by atoms with E-state index in [4.69, 9.17) is 0 Å². The molecule has 4 heterocycles. The number of thiophene rings is 1. The molecule has 1 fully saturated rings. The lowest BCUT2D eigenvalue weighted by molar-refractivity contribution is 0.103. The number of nitrogens with zero attached hydrogens (tertiary/aromatic N) is 3. The third-order valence-corrected chi connectivity index (χ3v) is 9.63. The molecule has 41 heavy (non-hydrogen) atoms. The predicted molar refractivity (Wildman–Crippen MR) is 169 cm³/mol. The summed E-state index contributed by atoms with van der Waals surface area (Å²) in [6, 6.07) is 17.7. The molecule has 10 heteroatoms. The van der Waals surface area contributed by atoms with E-state index in [9.17, 15) is 14.4 Å². The Morgan fingerprint density at radius 2 is 1.78 bits per heavy atom. The van der Waals surface area contributed by atoms with Crippen molar-refractivity contribution in [2.45, 2.75) is 13.0 Å². The minimum absolute atomic E-state index is 0.176. The molecule has 3 aromatic carbocycles. The second-order valence-corrected chi connectivity index (χ2v) is 12.3. The van der Waals surface area contributed by atoms with Gasteiger partial charge < -0.3 is 20.4 Å². The summed E-state index contributed by atoms with van der Waals surface area (Å²) < 4.78 is 0. The number of anilines is 5. The number of thioether (sulfide) groups is 1. The fraction of sp³-hybridized carbons (Fsp3) is 0.226. The topological polar surface area (TPSA) is 94.6 Å². The third kappa shape index (κ3) is 4.66. The first kappa shape index (κ1) is 25.8. The molecule has 7 rings (SSSR count). The number of carbonyl (C=O) groups is 1. The van der Waals surface area contributed by atoms with Crippen molar-refractivity contribution in [2.24, 2.45) is 0 Å². The van der Waals surface area contributed by atoms with E-state index in [1.54, 1.807) is 6.20 Å². The molecule has 0 spiro atoms. The van der Waals surface area contributed by atoms with Crippen LogP contribution in [0.5, 0.6) is 0 Å². The lowest BCUT2D eigenvalue weighted by Gasteiger charge is -2.33. The number of hydrogen-bond donors (Lipinski definition) is 2. The molecule has 1 amide bonds. The van der Waals surface area contributed by atoms with Crippen LogP contribution in [0.2, 0.25) is 0 Å². The van der Waals surface area contributed by atoms with Crippen molar-refractivity contribution < 1.29 is 4.79 Å². The number of rotatable bonds is 7. The SMILES string of the molecule is O=C(Nc1ccc2c(c1)CCN2c1c(N2CCSCC2)c(=O)c1=O)c1sccc1NCc1ccnc2ccccc12. The number of fused-ring (bicyclic) bond motifs is 2. The van der Waals surface area contributed by atoms with Gasteiger partial charge in [0.05, 0.1) is 11.2 Å². The number of benzene rings is 2. The van der Waals surface area contributed by atoms with E-state index < -0.39 is 5.43 Å². The van der Waals surface area contributed by atoms with Crippen molar-refractivity contribution in [1.29, 1.82) is 0 Å². The van der Waals surface area contributed by atoms with Gasteiger partial charge in [0.1, 0.15) is 16.3 Å². The van der Waals surface area contributed by atoms with E-state index in [0.717, 1.165) is 64.4 Å². The van der Waals surface area contributed by atoms with Crippen LogP contribution >= 0.6 is 23.1 Å². The van der Waals surface area contributed by atoms with E-state index in [1.807, 2.05) is 70.6 Å². The molecular weight excluding hydrogens is 555 g/mol. The maximum absolute atomic E-state index is 13.3. The van der Waals surface area contributed by atoms with Crippen LogP contribution in [0.4, 0.5) is 28.4 Å². The van der Waals surface area contributed by atoms with Gasteiger partial charge in [-0.1, -0.05) is 18.2 Å². The Balaban J connectivity index is 1.06. The first-order valence-electron chi connectivity index (χ1n) is 13.6. The highest BCUT2D eigenvalue weighted by Gasteiger charge is 2.34. The molecule has 206 valence electrons. The minimum Gasteiger partial charge on any atom is -0.380 e. The Morgan fingerprint density at radius 3 is 2.66 bits per heavy atom. The highest BCUT2D eigenvalue weighted by atomic mass is 32.2. The van der Waals surface area contributed by atoms with E-state index in [-0.39, 0.29) is 11.3 Å². The molecule has 1 saturated heterocycles. The van der Waals surface area contributed by atoms with Crippen LogP contribution in [0.1, 0.15) is 20.8 Å². The summed E-state index contributed by atoms with van der Waals surface area (Å²) in [5.41, 5.74) is 5.82. The van der Waals surface area contributed by atoms with Crippen molar-refractivity contribution in [2.75, 3.05) is 51.6 Å². The number of hydrogen-bond acceptors (Lipinski definition) is 9. The summed E-state index contributed by atoms with van der Waals surface area (Å²) >= 11 is 3.26. The Morgan fingerprint density at radius 1 is 0.951 bits per heavy atom. The zero-order chi connectivity index (χ0) is 27.9. The molecule has 2 aliphatic rings. The molecule has 0 bridgehead atoms. The summed E-state index contributed by atoms with van der Waals surface area (Å²) in [7, 11) is 0.